The molecule has 5 heteroatoms. The van der Waals surface area contributed by atoms with E-state index in [1.807, 2.05) is 0 Å². The van der Waals surface area contributed by atoms with Gasteiger partial charge in [0, 0.05) is 6.42 Å². The number of carbonyl (C=O) groups excluding carboxylic acids is 3. The third-order valence-corrected chi connectivity index (χ3v) is 3.39. The van der Waals surface area contributed by atoms with Gasteiger partial charge in [-0.3, -0.25) is 9.59 Å². The fourth-order valence-corrected chi connectivity index (χ4v) is 2.00. The van der Waals surface area contributed by atoms with Crippen LogP contribution in [0, 0.1) is 11.3 Å². The highest BCUT2D eigenvalue weighted by atomic mass is 16.7. The van der Waals surface area contributed by atoms with Crippen molar-refractivity contribution in [3.63, 3.8) is 0 Å². The average Bonchev–Trinajstić information content (AvgIpc) is 2.70. The molecular weight excluding hydrogens is 258 g/mol. The van der Waals surface area contributed by atoms with E-state index in [4.69, 9.17) is 4.84 Å². The van der Waals surface area contributed by atoms with Gasteiger partial charge in [-0.25, -0.2) is 4.79 Å². The highest BCUT2D eigenvalue weighted by molar-refractivity contribution is 6.02. The van der Waals surface area contributed by atoms with Gasteiger partial charge in [0.15, 0.2) is 0 Å². The maximum atomic E-state index is 12.1. The van der Waals surface area contributed by atoms with Crippen LogP contribution in [0.15, 0.2) is 0 Å². The first-order valence-electron chi connectivity index (χ1n) is 7.34. The van der Waals surface area contributed by atoms with Gasteiger partial charge in [0.2, 0.25) is 0 Å². The number of unbranched alkanes of at least 4 members (excludes halogenated alkanes) is 2. The Bertz CT molecular complexity index is 384. The molecule has 1 unspecified atom stereocenters. The monoisotopic (exact) mass is 283 g/mol. The lowest BCUT2D eigenvalue weighted by Crippen LogP contribution is -2.36. The first-order chi connectivity index (χ1) is 9.27. The number of nitrogens with zero attached hydrogens (tertiary/aromatic N) is 1. The van der Waals surface area contributed by atoms with Crippen LogP contribution in [0.4, 0.5) is 0 Å². The van der Waals surface area contributed by atoms with Crippen molar-refractivity contribution < 1.29 is 19.2 Å². The lowest BCUT2D eigenvalue weighted by molar-refractivity contribution is -0.201. The normalized spacial score (nSPS) is 19.3. The summed E-state index contributed by atoms with van der Waals surface area (Å²) in [7, 11) is 0. The van der Waals surface area contributed by atoms with Crippen LogP contribution in [0.25, 0.3) is 0 Å². The van der Waals surface area contributed by atoms with Crippen LogP contribution < -0.4 is 0 Å². The van der Waals surface area contributed by atoms with E-state index in [2.05, 4.69) is 6.92 Å². The SMILES string of the molecule is CCCCCC(=O)C1CCN(OC(=O)C(C)(C)C)C1=O. The maximum Gasteiger partial charge on any atom is 0.337 e. The molecule has 1 aliphatic rings. The Morgan fingerprint density at radius 2 is 1.95 bits per heavy atom. The summed E-state index contributed by atoms with van der Waals surface area (Å²) in [5.41, 5.74) is -0.663. The van der Waals surface area contributed by atoms with Crippen LogP contribution in [0.3, 0.4) is 0 Å². The second kappa shape index (κ2) is 6.86. The Morgan fingerprint density at radius 3 is 2.50 bits per heavy atom. The second-order valence-electron chi connectivity index (χ2n) is 6.33. The number of rotatable bonds is 6. The molecular formula is C15H25NO4. The van der Waals surface area contributed by atoms with E-state index in [-0.39, 0.29) is 11.7 Å². The number of carbonyl (C=O) groups is 3. The molecule has 1 saturated heterocycles. The van der Waals surface area contributed by atoms with Gasteiger partial charge in [-0.1, -0.05) is 19.8 Å². The molecule has 0 N–H and O–H groups in total. The summed E-state index contributed by atoms with van der Waals surface area (Å²) < 4.78 is 0. The maximum absolute atomic E-state index is 12.1. The zero-order valence-corrected chi connectivity index (χ0v) is 12.9. The van der Waals surface area contributed by atoms with Crippen LogP contribution in [-0.2, 0) is 19.2 Å². The number of amides is 1. The topological polar surface area (TPSA) is 63.7 Å². The Hall–Kier alpha value is -1.39. The number of hydroxylamine groups is 2. The standard InChI is InChI=1S/C15H25NO4/c1-5-6-7-8-12(17)11-9-10-16(13(11)18)20-14(19)15(2,3)4/h11H,5-10H2,1-4H3. The van der Waals surface area contributed by atoms with Crippen molar-refractivity contribution in [2.45, 2.75) is 59.8 Å². The van der Waals surface area contributed by atoms with Crippen molar-refractivity contribution in [1.82, 2.24) is 5.06 Å². The van der Waals surface area contributed by atoms with Crippen molar-refractivity contribution in [2.75, 3.05) is 6.54 Å². The summed E-state index contributed by atoms with van der Waals surface area (Å²) in [6, 6.07) is 0. The first kappa shape index (κ1) is 16.7. The van der Waals surface area contributed by atoms with Crippen molar-refractivity contribution in [2.24, 2.45) is 11.3 Å². The zero-order chi connectivity index (χ0) is 15.3. The van der Waals surface area contributed by atoms with Crippen LogP contribution in [0.1, 0.15) is 59.8 Å². The molecule has 0 spiro atoms. The first-order valence-corrected chi connectivity index (χ1v) is 7.34. The fourth-order valence-electron chi connectivity index (χ4n) is 2.00. The van der Waals surface area contributed by atoms with E-state index in [0.29, 0.717) is 19.4 Å². The molecule has 0 aromatic rings. The van der Waals surface area contributed by atoms with Crippen molar-refractivity contribution in [3.05, 3.63) is 0 Å². The summed E-state index contributed by atoms with van der Waals surface area (Å²) in [5.74, 6) is -1.48. The minimum Gasteiger partial charge on any atom is -0.338 e. The van der Waals surface area contributed by atoms with Crippen LogP contribution in [0.2, 0.25) is 0 Å². The average molecular weight is 283 g/mol. The summed E-state index contributed by atoms with van der Waals surface area (Å²) in [6.07, 6.45) is 3.74. The molecule has 0 bridgehead atoms. The molecule has 1 atom stereocenters. The molecule has 1 rings (SSSR count). The second-order valence-corrected chi connectivity index (χ2v) is 6.33. The third kappa shape index (κ3) is 4.32. The van der Waals surface area contributed by atoms with Crippen LogP contribution in [-0.4, -0.2) is 29.3 Å². The third-order valence-electron chi connectivity index (χ3n) is 3.39. The molecule has 1 heterocycles. The van der Waals surface area contributed by atoms with E-state index >= 15 is 0 Å². The van der Waals surface area contributed by atoms with Gasteiger partial charge in [0.25, 0.3) is 5.91 Å². The molecule has 20 heavy (non-hydrogen) atoms. The lowest BCUT2D eigenvalue weighted by Gasteiger charge is -2.21. The van der Waals surface area contributed by atoms with Crippen molar-refractivity contribution >= 4 is 17.7 Å². The Kier molecular flexibility index (Phi) is 5.72. The van der Waals surface area contributed by atoms with E-state index in [0.717, 1.165) is 24.3 Å². The summed E-state index contributed by atoms with van der Waals surface area (Å²) >= 11 is 0. The quantitative estimate of drug-likeness (QED) is 0.555. The molecule has 0 saturated carbocycles. The predicted molar refractivity (Wildman–Crippen MR) is 74.5 cm³/mol. The Morgan fingerprint density at radius 1 is 1.30 bits per heavy atom. The summed E-state index contributed by atoms with van der Waals surface area (Å²) in [6.45, 7) is 7.56. The Labute approximate surface area is 120 Å². The van der Waals surface area contributed by atoms with E-state index in [9.17, 15) is 14.4 Å². The molecule has 1 amide bonds. The summed E-state index contributed by atoms with van der Waals surface area (Å²) in [4.78, 5) is 40.9. The van der Waals surface area contributed by atoms with Gasteiger partial charge < -0.3 is 4.84 Å². The van der Waals surface area contributed by atoms with Crippen LogP contribution in [0.5, 0.6) is 0 Å². The molecule has 1 aliphatic heterocycles. The van der Waals surface area contributed by atoms with E-state index in [1.165, 1.54) is 0 Å². The molecule has 0 aliphatic carbocycles. The molecule has 5 nitrogen and oxygen atoms in total. The predicted octanol–water partition coefficient (Wildman–Crippen LogP) is 2.49. The molecule has 114 valence electrons. The highest BCUT2D eigenvalue weighted by Gasteiger charge is 2.39. The largest absolute Gasteiger partial charge is 0.338 e. The van der Waals surface area contributed by atoms with Gasteiger partial charge in [-0.15, -0.1) is 0 Å². The van der Waals surface area contributed by atoms with Crippen molar-refractivity contribution in [3.8, 4) is 0 Å². The van der Waals surface area contributed by atoms with Gasteiger partial charge in [-0.05, 0) is 33.6 Å². The van der Waals surface area contributed by atoms with Crippen LogP contribution >= 0.6 is 0 Å². The van der Waals surface area contributed by atoms with Gasteiger partial charge in [0.05, 0.1) is 12.0 Å². The van der Waals surface area contributed by atoms with Crippen molar-refractivity contribution in [1.29, 1.82) is 0 Å². The highest BCUT2D eigenvalue weighted by Crippen LogP contribution is 2.24. The van der Waals surface area contributed by atoms with E-state index in [1.54, 1.807) is 20.8 Å². The zero-order valence-electron chi connectivity index (χ0n) is 12.9. The molecule has 0 radical (unpaired) electrons. The number of hydrogen-bond acceptors (Lipinski definition) is 4. The minimum absolute atomic E-state index is 0.0299. The minimum atomic E-state index is -0.663. The van der Waals surface area contributed by atoms with E-state index < -0.39 is 17.3 Å². The summed E-state index contributed by atoms with van der Waals surface area (Å²) in [5, 5.41) is 1.05. The Balaban J connectivity index is 2.51. The van der Waals surface area contributed by atoms with Gasteiger partial charge in [-0.2, -0.15) is 5.06 Å². The number of ketones is 1. The molecule has 0 aromatic carbocycles. The lowest BCUT2D eigenvalue weighted by atomic mass is 9.97. The molecule has 1 fully saturated rings. The molecule has 0 aromatic heterocycles. The van der Waals surface area contributed by atoms with Gasteiger partial charge in [0.1, 0.15) is 11.7 Å². The van der Waals surface area contributed by atoms with Gasteiger partial charge >= 0.3 is 5.97 Å². The number of Topliss-reactive ketones (excluding diaryl/α,β-unsaturated/α-hetero) is 1. The fraction of sp³-hybridized carbons (Fsp3) is 0.800. The number of hydrogen-bond donors (Lipinski definition) is 0. The smallest absolute Gasteiger partial charge is 0.337 e.